The minimum atomic E-state index is -3.49. The van der Waals surface area contributed by atoms with Crippen molar-refractivity contribution in [3.05, 3.63) is 23.8 Å². The standard InChI is InChI=1S/C14H20N2O3S2/c17-20-8-5-12(6-9-20)16-21(18,19)13-3-4-14-11(10-13)2-1-7-15-14/h3-4,10,12,15-16H,1-2,5-9H2. The molecule has 1 aromatic carbocycles. The van der Waals surface area contributed by atoms with Crippen molar-refractivity contribution in [3.8, 4) is 0 Å². The van der Waals surface area contributed by atoms with Crippen molar-refractivity contribution in [3.63, 3.8) is 0 Å². The maximum Gasteiger partial charge on any atom is 0.240 e. The molecule has 0 aliphatic carbocycles. The normalized spacial score (nSPS) is 25.9. The summed E-state index contributed by atoms with van der Waals surface area (Å²) in [4.78, 5) is 0.330. The zero-order valence-corrected chi connectivity index (χ0v) is 13.4. The van der Waals surface area contributed by atoms with E-state index in [1.54, 1.807) is 12.1 Å². The summed E-state index contributed by atoms with van der Waals surface area (Å²) in [5, 5.41) is 3.28. The molecule has 0 radical (unpaired) electrons. The van der Waals surface area contributed by atoms with Gasteiger partial charge in [0.05, 0.1) is 4.90 Å². The highest BCUT2D eigenvalue weighted by Gasteiger charge is 2.24. The molecule has 0 atom stereocenters. The van der Waals surface area contributed by atoms with Gasteiger partial charge in [0.25, 0.3) is 0 Å². The lowest BCUT2D eigenvalue weighted by atomic mass is 10.0. The fourth-order valence-electron chi connectivity index (χ4n) is 2.82. The summed E-state index contributed by atoms with van der Waals surface area (Å²) < 4.78 is 39.0. The van der Waals surface area contributed by atoms with Crippen LogP contribution in [0.2, 0.25) is 0 Å². The average molecular weight is 328 g/mol. The van der Waals surface area contributed by atoms with Gasteiger partial charge in [0.1, 0.15) is 0 Å². The van der Waals surface area contributed by atoms with Crippen molar-refractivity contribution < 1.29 is 12.6 Å². The summed E-state index contributed by atoms with van der Waals surface area (Å²) in [7, 11) is -4.27. The predicted octanol–water partition coefficient (Wildman–Crippen LogP) is 1.23. The Morgan fingerprint density at radius 2 is 2.00 bits per heavy atom. The van der Waals surface area contributed by atoms with Gasteiger partial charge in [-0.15, -0.1) is 0 Å². The molecule has 21 heavy (non-hydrogen) atoms. The van der Waals surface area contributed by atoms with Gasteiger partial charge in [0, 0.05) is 40.6 Å². The number of benzene rings is 1. The van der Waals surface area contributed by atoms with Gasteiger partial charge in [-0.3, -0.25) is 4.21 Å². The second-order valence-corrected chi connectivity index (χ2v) is 9.00. The summed E-state index contributed by atoms with van der Waals surface area (Å²) in [6.45, 7) is 0.941. The maximum atomic E-state index is 12.5. The van der Waals surface area contributed by atoms with E-state index in [-0.39, 0.29) is 6.04 Å². The largest absolute Gasteiger partial charge is 0.385 e. The summed E-state index contributed by atoms with van der Waals surface area (Å²) in [6, 6.07) is 5.17. The number of nitrogens with one attached hydrogen (secondary N) is 2. The van der Waals surface area contributed by atoms with E-state index in [1.807, 2.05) is 6.07 Å². The SMILES string of the molecule is O=S1CCC(NS(=O)(=O)c2ccc3c(c2)CCCN3)CC1. The molecule has 2 heterocycles. The van der Waals surface area contributed by atoms with Crippen molar-refractivity contribution >= 4 is 26.5 Å². The summed E-state index contributed by atoms with van der Waals surface area (Å²) in [5.74, 6) is 1.17. The Balaban J connectivity index is 1.76. The fourth-order valence-corrected chi connectivity index (χ4v) is 5.47. The Morgan fingerprint density at radius 1 is 1.24 bits per heavy atom. The average Bonchev–Trinajstić information content (AvgIpc) is 2.49. The van der Waals surface area contributed by atoms with Crippen LogP contribution in [-0.2, 0) is 27.2 Å². The van der Waals surface area contributed by atoms with E-state index in [1.165, 1.54) is 0 Å². The molecule has 0 unspecified atom stereocenters. The molecule has 2 N–H and O–H groups in total. The third kappa shape index (κ3) is 3.46. The molecule has 116 valence electrons. The minimum Gasteiger partial charge on any atom is -0.385 e. The molecule has 7 heteroatoms. The van der Waals surface area contributed by atoms with E-state index in [2.05, 4.69) is 10.0 Å². The highest BCUT2D eigenvalue weighted by atomic mass is 32.2. The third-order valence-corrected chi connectivity index (χ3v) is 6.94. The first kappa shape index (κ1) is 15.0. The van der Waals surface area contributed by atoms with Crippen LogP contribution in [0.5, 0.6) is 0 Å². The Kier molecular flexibility index (Phi) is 4.33. The Morgan fingerprint density at radius 3 is 2.76 bits per heavy atom. The van der Waals surface area contributed by atoms with Crippen molar-refractivity contribution in [2.75, 3.05) is 23.4 Å². The van der Waals surface area contributed by atoms with E-state index >= 15 is 0 Å². The van der Waals surface area contributed by atoms with E-state index in [0.717, 1.165) is 30.6 Å². The third-order valence-electron chi connectivity index (χ3n) is 4.04. The molecule has 2 aliphatic heterocycles. The number of sulfonamides is 1. The zero-order chi connectivity index (χ0) is 14.9. The maximum absolute atomic E-state index is 12.5. The highest BCUT2D eigenvalue weighted by Crippen LogP contribution is 2.25. The molecule has 1 saturated heterocycles. The molecule has 5 nitrogen and oxygen atoms in total. The van der Waals surface area contributed by atoms with Crippen LogP contribution in [0, 0.1) is 0 Å². The predicted molar refractivity (Wildman–Crippen MR) is 84.5 cm³/mol. The number of fused-ring (bicyclic) bond motifs is 1. The number of rotatable bonds is 3. The Bertz CT molecular complexity index is 648. The second kappa shape index (κ2) is 6.06. The monoisotopic (exact) mass is 328 g/mol. The number of hydrogen-bond donors (Lipinski definition) is 2. The van der Waals surface area contributed by atoms with Crippen LogP contribution >= 0.6 is 0 Å². The molecule has 0 saturated carbocycles. The van der Waals surface area contributed by atoms with Gasteiger partial charge in [-0.25, -0.2) is 13.1 Å². The van der Waals surface area contributed by atoms with E-state index in [4.69, 9.17) is 0 Å². The van der Waals surface area contributed by atoms with Gasteiger partial charge in [0.15, 0.2) is 0 Å². The lowest BCUT2D eigenvalue weighted by molar-refractivity contribution is 0.522. The van der Waals surface area contributed by atoms with Gasteiger partial charge < -0.3 is 5.32 Å². The van der Waals surface area contributed by atoms with Crippen LogP contribution in [0.4, 0.5) is 5.69 Å². The Hall–Kier alpha value is -0.920. The minimum absolute atomic E-state index is 0.0955. The quantitative estimate of drug-likeness (QED) is 0.875. The van der Waals surface area contributed by atoms with Crippen molar-refractivity contribution in [1.82, 2.24) is 4.72 Å². The number of aryl methyl sites for hydroxylation is 1. The van der Waals surface area contributed by atoms with Crippen LogP contribution in [0.25, 0.3) is 0 Å². The van der Waals surface area contributed by atoms with Crippen molar-refractivity contribution in [2.24, 2.45) is 0 Å². The first-order valence-electron chi connectivity index (χ1n) is 7.29. The van der Waals surface area contributed by atoms with Crippen LogP contribution in [-0.4, -0.2) is 36.7 Å². The first-order chi connectivity index (χ1) is 10.0. The molecule has 2 aliphatic rings. The van der Waals surface area contributed by atoms with Gasteiger partial charge >= 0.3 is 0 Å². The molecular formula is C14H20N2O3S2. The molecule has 0 spiro atoms. The number of anilines is 1. The fraction of sp³-hybridized carbons (Fsp3) is 0.571. The van der Waals surface area contributed by atoms with E-state index in [0.29, 0.717) is 29.2 Å². The topological polar surface area (TPSA) is 75.3 Å². The Labute approximate surface area is 128 Å². The molecule has 0 aromatic heterocycles. The van der Waals surface area contributed by atoms with E-state index in [9.17, 15) is 12.6 Å². The van der Waals surface area contributed by atoms with Crippen molar-refractivity contribution in [2.45, 2.75) is 36.6 Å². The number of hydrogen-bond acceptors (Lipinski definition) is 4. The van der Waals surface area contributed by atoms with E-state index < -0.39 is 20.8 Å². The second-order valence-electron chi connectivity index (χ2n) is 5.59. The summed E-state index contributed by atoms with van der Waals surface area (Å²) in [6.07, 6.45) is 3.24. The summed E-state index contributed by atoms with van der Waals surface area (Å²) >= 11 is 0. The van der Waals surface area contributed by atoms with Gasteiger partial charge in [-0.05, 0) is 49.4 Å². The van der Waals surface area contributed by atoms with Crippen LogP contribution in [0.3, 0.4) is 0 Å². The lowest BCUT2D eigenvalue weighted by Gasteiger charge is -2.23. The summed E-state index contributed by atoms with van der Waals surface area (Å²) in [5.41, 5.74) is 2.10. The molecular weight excluding hydrogens is 308 g/mol. The smallest absolute Gasteiger partial charge is 0.240 e. The molecule has 1 aromatic rings. The van der Waals surface area contributed by atoms with Crippen LogP contribution < -0.4 is 10.0 Å². The van der Waals surface area contributed by atoms with Gasteiger partial charge in [-0.1, -0.05) is 0 Å². The molecule has 0 amide bonds. The van der Waals surface area contributed by atoms with Crippen molar-refractivity contribution in [1.29, 1.82) is 0 Å². The highest BCUT2D eigenvalue weighted by molar-refractivity contribution is 7.89. The molecule has 1 fully saturated rings. The molecule has 3 rings (SSSR count). The lowest BCUT2D eigenvalue weighted by Crippen LogP contribution is -2.39. The first-order valence-corrected chi connectivity index (χ1v) is 10.3. The van der Waals surface area contributed by atoms with Crippen LogP contribution in [0.15, 0.2) is 23.1 Å². The van der Waals surface area contributed by atoms with Crippen LogP contribution in [0.1, 0.15) is 24.8 Å². The van der Waals surface area contributed by atoms with Gasteiger partial charge in [0.2, 0.25) is 10.0 Å². The molecule has 0 bridgehead atoms. The van der Waals surface area contributed by atoms with Gasteiger partial charge in [-0.2, -0.15) is 0 Å². The zero-order valence-electron chi connectivity index (χ0n) is 11.8.